The highest BCUT2D eigenvalue weighted by Gasteiger charge is 2.25. The van der Waals surface area contributed by atoms with Gasteiger partial charge in [0.2, 0.25) is 0 Å². The zero-order chi connectivity index (χ0) is 21.0. The third-order valence-corrected chi connectivity index (χ3v) is 6.47. The lowest BCUT2D eigenvalue weighted by Crippen LogP contribution is -2.22. The number of nitrogens with zero attached hydrogens (tertiary/aromatic N) is 2. The molecule has 2 aromatic carbocycles. The fourth-order valence-corrected chi connectivity index (χ4v) is 4.56. The van der Waals surface area contributed by atoms with Crippen molar-refractivity contribution in [3.05, 3.63) is 71.3 Å². The highest BCUT2D eigenvalue weighted by Crippen LogP contribution is 2.34. The fourth-order valence-electron chi connectivity index (χ4n) is 4.56. The molecule has 160 valence electrons. The summed E-state index contributed by atoms with van der Waals surface area (Å²) in [4.78, 5) is 0. The van der Waals surface area contributed by atoms with Crippen molar-refractivity contribution in [2.24, 2.45) is 22.0 Å². The molecule has 0 bridgehead atoms. The number of benzene rings is 2. The van der Waals surface area contributed by atoms with Gasteiger partial charge < -0.3 is 0 Å². The lowest BCUT2D eigenvalue weighted by atomic mass is 9.76. The summed E-state index contributed by atoms with van der Waals surface area (Å²) in [6.45, 7) is 4.39. The van der Waals surface area contributed by atoms with Crippen LogP contribution in [0.4, 0.5) is 0 Å². The zero-order valence-corrected chi connectivity index (χ0v) is 18.9. The molecule has 2 heteroatoms. The van der Waals surface area contributed by atoms with E-state index in [1.165, 1.54) is 81.0 Å². The first-order chi connectivity index (χ1) is 14.8. The summed E-state index contributed by atoms with van der Waals surface area (Å²) in [6, 6.07) is 19.1. The number of unbranched alkanes of at least 4 members (excludes halogenated alkanes) is 4. The van der Waals surface area contributed by atoms with Crippen LogP contribution in [0.15, 0.2) is 64.8 Å². The van der Waals surface area contributed by atoms with Gasteiger partial charge in [-0.25, -0.2) is 0 Å². The van der Waals surface area contributed by atoms with Crippen LogP contribution in [0.1, 0.15) is 87.8 Å². The fraction of sp³-hybridized carbons (Fsp3) is 0.500. The van der Waals surface area contributed by atoms with Gasteiger partial charge in [0.15, 0.2) is 0 Å². The maximum Gasteiger partial charge on any atom is 0.0733 e. The molecule has 1 aliphatic carbocycles. The van der Waals surface area contributed by atoms with E-state index in [-0.39, 0.29) is 0 Å². The summed E-state index contributed by atoms with van der Waals surface area (Å²) in [6.07, 6.45) is 15.4. The molecule has 0 atom stereocenters. The highest BCUT2D eigenvalue weighted by molar-refractivity contribution is 6.02. The maximum atomic E-state index is 4.74. The first-order valence-corrected chi connectivity index (χ1v) is 12.0. The second kappa shape index (κ2) is 12.5. The normalized spacial score (nSPS) is 20.0. The molecule has 0 N–H and O–H groups in total. The van der Waals surface area contributed by atoms with Crippen molar-refractivity contribution in [2.45, 2.75) is 78.1 Å². The molecule has 0 aromatic heterocycles. The largest absolute Gasteiger partial charge is 0.158 e. The Morgan fingerprint density at radius 3 is 2.27 bits per heavy atom. The molecule has 3 rings (SSSR count). The molecular weight excluding hydrogens is 364 g/mol. The number of rotatable bonds is 10. The van der Waals surface area contributed by atoms with Crippen molar-refractivity contribution in [1.29, 1.82) is 0 Å². The summed E-state index contributed by atoms with van der Waals surface area (Å²) in [5.41, 5.74) is 4.76. The standard InChI is InChI=1S/C28H38N2/c1-3-4-5-6-8-11-24-18-20-27(21-19-24)28(26-12-9-7-10-13-26)30-29-22-25-16-14-23(2)15-17-25/h7,9-10,12-17,22,24,27H,3-6,8,11,18-21H2,1-2H3. The Kier molecular flexibility index (Phi) is 9.34. The third-order valence-electron chi connectivity index (χ3n) is 6.47. The molecule has 0 unspecified atom stereocenters. The SMILES string of the molecule is CCCCCCCC1CCC(C(=NN=Cc2ccc(C)cc2)c2ccccc2)CC1. The molecule has 0 saturated heterocycles. The summed E-state index contributed by atoms with van der Waals surface area (Å²) >= 11 is 0. The van der Waals surface area contributed by atoms with E-state index in [1.54, 1.807) is 0 Å². The van der Waals surface area contributed by atoms with Crippen LogP contribution >= 0.6 is 0 Å². The van der Waals surface area contributed by atoms with Crippen molar-refractivity contribution >= 4 is 11.9 Å². The molecule has 0 heterocycles. The molecule has 2 nitrogen and oxygen atoms in total. The van der Waals surface area contributed by atoms with Crippen LogP contribution in [0.2, 0.25) is 0 Å². The van der Waals surface area contributed by atoms with E-state index in [4.69, 9.17) is 5.10 Å². The van der Waals surface area contributed by atoms with Crippen LogP contribution in [0.25, 0.3) is 0 Å². The first-order valence-electron chi connectivity index (χ1n) is 12.0. The minimum atomic E-state index is 0.527. The van der Waals surface area contributed by atoms with E-state index in [0.717, 1.165) is 11.5 Å². The molecule has 1 aliphatic rings. The second-order valence-corrected chi connectivity index (χ2v) is 8.93. The van der Waals surface area contributed by atoms with Crippen molar-refractivity contribution in [2.75, 3.05) is 0 Å². The summed E-state index contributed by atoms with van der Waals surface area (Å²) in [7, 11) is 0. The quantitative estimate of drug-likeness (QED) is 0.218. The van der Waals surface area contributed by atoms with Gasteiger partial charge in [0.05, 0.1) is 11.9 Å². The van der Waals surface area contributed by atoms with Gasteiger partial charge in [-0.05, 0) is 49.7 Å². The summed E-state index contributed by atoms with van der Waals surface area (Å²) in [5.74, 6) is 1.44. The van der Waals surface area contributed by atoms with Gasteiger partial charge in [0.1, 0.15) is 0 Å². The van der Waals surface area contributed by atoms with Crippen LogP contribution in [-0.2, 0) is 0 Å². The average molecular weight is 403 g/mol. The van der Waals surface area contributed by atoms with Crippen molar-refractivity contribution in [3.63, 3.8) is 0 Å². The van der Waals surface area contributed by atoms with Crippen molar-refractivity contribution < 1.29 is 0 Å². The van der Waals surface area contributed by atoms with Crippen LogP contribution < -0.4 is 0 Å². The Bertz CT molecular complexity index is 781. The number of hydrogen-bond donors (Lipinski definition) is 0. The van der Waals surface area contributed by atoms with Gasteiger partial charge in [-0.15, -0.1) is 0 Å². The predicted molar refractivity (Wildman–Crippen MR) is 131 cm³/mol. The molecule has 0 radical (unpaired) electrons. The third kappa shape index (κ3) is 7.23. The summed E-state index contributed by atoms with van der Waals surface area (Å²) < 4.78 is 0. The molecular formula is C28H38N2. The van der Waals surface area contributed by atoms with Gasteiger partial charge in [0.25, 0.3) is 0 Å². The lowest BCUT2D eigenvalue weighted by Gasteiger charge is -2.29. The molecule has 0 aliphatic heterocycles. The molecule has 30 heavy (non-hydrogen) atoms. The Labute approximate surface area is 183 Å². The Morgan fingerprint density at radius 1 is 0.867 bits per heavy atom. The molecule has 0 amide bonds. The van der Waals surface area contributed by atoms with E-state index in [1.807, 2.05) is 6.21 Å². The van der Waals surface area contributed by atoms with Gasteiger partial charge >= 0.3 is 0 Å². The smallest absolute Gasteiger partial charge is 0.0733 e. The van der Waals surface area contributed by atoms with Gasteiger partial charge in [-0.2, -0.15) is 10.2 Å². The average Bonchev–Trinajstić information content (AvgIpc) is 2.79. The van der Waals surface area contributed by atoms with E-state index in [9.17, 15) is 0 Å². The predicted octanol–water partition coefficient (Wildman–Crippen LogP) is 7.99. The van der Waals surface area contributed by atoms with Crippen LogP contribution in [0, 0.1) is 18.8 Å². The van der Waals surface area contributed by atoms with Gasteiger partial charge in [-0.1, -0.05) is 106 Å². The van der Waals surface area contributed by atoms with Gasteiger partial charge in [0, 0.05) is 5.92 Å². The second-order valence-electron chi connectivity index (χ2n) is 8.93. The van der Waals surface area contributed by atoms with E-state index in [0.29, 0.717) is 5.92 Å². The molecule has 2 aromatic rings. The van der Waals surface area contributed by atoms with Crippen molar-refractivity contribution in [1.82, 2.24) is 0 Å². The number of aryl methyl sites for hydroxylation is 1. The van der Waals surface area contributed by atoms with Crippen LogP contribution in [0.3, 0.4) is 0 Å². The first kappa shape index (κ1) is 22.5. The van der Waals surface area contributed by atoms with E-state index in [2.05, 4.69) is 73.5 Å². The zero-order valence-electron chi connectivity index (χ0n) is 18.9. The van der Waals surface area contributed by atoms with Gasteiger partial charge in [-0.3, -0.25) is 0 Å². The Hall–Kier alpha value is -2.22. The van der Waals surface area contributed by atoms with E-state index >= 15 is 0 Å². The summed E-state index contributed by atoms with van der Waals surface area (Å²) in [5, 5.41) is 9.23. The topological polar surface area (TPSA) is 24.7 Å². The highest BCUT2D eigenvalue weighted by atomic mass is 15.2. The van der Waals surface area contributed by atoms with Crippen molar-refractivity contribution in [3.8, 4) is 0 Å². The Balaban J connectivity index is 1.60. The van der Waals surface area contributed by atoms with Crippen LogP contribution in [-0.4, -0.2) is 11.9 Å². The number of hydrogen-bond acceptors (Lipinski definition) is 2. The minimum Gasteiger partial charge on any atom is -0.158 e. The van der Waals surface area contributed by atoms with E-state index < -0.39 is 0 Å². The molecule has 0 spiro atoms. The monoisotopic (exact) mass is 402 g/mol. The lowest BCUT2D eigenvalue weighted by molar-refractivity contribution is 0.298. The molecule has 1 fully saturated rings. The Morgan fingerprint density at radius 2 is 1.57 bits per heavy atom. The molecule has 1 saturated carbocycles. The minimum absolute atomic E-state index is 0.527. The van der Waals surface area contributed by atoms with Crippen LogP contribution in [0.5, 0.6) is 0 Å². The maximum absolute atomic E-state index is 4.74.